The number of rotatable bonds is 3. The Kier molecular flexibility index (Phi) is 4.49. The molecule has 0 spiro atoms. The molecule has 0 aliphatic carbocycles. The van der Waals surface area contributed by atoms with E-state index in [0.29, 0.717) is 25.3 Å². The molecular formula is C16H19N3O2S. The second kappa shape index (κ2) is 6.54. The topological polar surface area (TPSA) is 47.4 Å². The highest BCUT2D eigenvalue weighted by Crippen LogP contribution is 2.26. The molecule has 6 heteroatoms. The lowest BCUT2D eigenvalue weighted by Gasteiger charge is -2.36. The van der Waals surface area contributed by atoms with Gasteiger partial charge in [-0.2, -0.15) is 0 Å². The van der Waals surface area contributed by atoms with Gasteiger partial charge >= 0.3 is 0 Å². The van der Waals surface area contributed by atoms with Crippen LogP contribution in [0.5, 0.6) is 0 Å². The maximum Gasteiger partial charge on any atom is 0.254 e. The van der Waals surface area contributed by atoms with Gasteiger partial charge < -0.3 is 14.2 Å². The van der Waals surface area contributed by atoms with Crippen molar-refractivity contribution in [3.05, 3.63) is 47.9 Å². The molecule has 2 aromatic heterocycles. The Bertz CT molecular complexity index is 671. The smallest absolute Gasteiger partial charge is 0.254 e. The average molecular weight is 317 g/mol. The summed E-state index contributed by atoms with van der Waals surface area (Å²) >= 11 is 1.54. The van der Waals surface area contributed by atoms with Crippen molar-refractivity contribution in [2.75, 3.05) is 26.0 Å². The van der Waals surface area contributed by atoms with Crippen molar-refractivity contribution in [3.63, 3.8) is 0 Å². The Morgan fingerprint density at radius 3 is 3.05 bits per heavy atom. The van der Waals surface area contributed by atoms with Crippen LogP contribution in [0.2, 0.25) is 0 Å². The van der Waals surface area contributed by atoms with Gasteiger partial charge in [0.1, 0.15) is 0 Å². The van der Waals surface area contributed by atoms with Crippen LogP contribution in [-0.2, 0) is 11.8 Å². The Morgan fingerprint density at radius 1 is 1.45 bits per heavy atom. The van der Waals surface area contributed by atoms with Crippen molar-refractivity contribution in [3.8, 4) is 0 Å². The molecule has 5 nitrogen and oxygen atoms in total. The molecule has 0 bridgehead atoms. The number of ether oxygens (including phenoxy) is 1. The molecule has 116 valence electrons. The van der Waals surface area contributed by atoms with Crippen LogP contribution in [0, 0.1) is 0 Å². The number of carbonyl (C=O) groups is 1. The van der Waals surface area contributed by atoms with Gasteiger partial charge in [0.2, 0.25) is 0 Å². The number of aryl methyl sites for hydroxylation is 1. The molecule has 0 aromatic carbocycles. The van der Waals surface area contributed by atoms with Crippen LogP contribution in [0.3, 0.4) is 0 Å². The van der Waals surface area contributed by atoms with Gasteiger partial charge in [-0.15, -0.1) is 11.8 Å². The van der Waals surface area contributed by atoms with Crippen LogP contribution in [-0.4, -0.2) is 46.4 Å². The van der Waals surface area contributed by atoms with Crippen molar-refractivity contribution in [1.82, 2.24) is 14.5 Å². The number of hydrogen-bond acceptors (Lipinski definition) is 4. The van der Waals surface area contributed by atoms with Crippen LogP contribution in [0.25, 0.3) is 0 Å². The maximum atomic E-state index is 12.9. The molecule has 3 heterocycles. The predicted octanol–water partition coefficient (Wildman–Crippen LogP) is 2.36. The van der Waals surface area contributed by atoms with Crippen LogP contribution < -0.4 is 0 Å². The van der Waals surface area contributed by atoms with Gasteiger partial charge in [-0.3, -0.25) is 4.79 Å². The molecule has 3 rings (SSSR count). The quantitative estimate of drug-likeness (QED) is 0.815. The normalized spacial score (nSPS) is 18.5. The van der Waals surface area contributed by atoms with Gasteiger partial charge in [0.25, 0.3) is 5.91 Å². The Hall–Kier alpha value is -1.79. The number of amides is 1. The fraction of sp³-hybridized carbons (Fsp3) is 0.375. The Labute approximate surface area is 134 Å². The molecule has 2 aromatic rings. The first-order valence-corrected chi connectivity index (χ1v) is 8.43. The minimum absolute atomic E-state index is 0.0344. The van der Waals surface area contributed by atoms with Gasteiger partial charge in [-0.1, -0.05) is 0 Å². The fourth-order valence-electron chi connectivity index (χ4n) is 2.73. The summed E-state index contributed by atoms with van der Waals surface area (Å²) in [6, 6.07) is 7.61. The molecule has 0 radical (unpaired) electrons. The van der Waals surface area contributed by atoms with E-state index in [-0.39, 0.29) is 11.9 Å². The molecule has 1 aliphatic heterocycles. The van der Waals surface area contributed by atoms with E-state index in [2.05, 4.69) is 4.98 Å². The van der Waals surface area contributed by atoms with E-state index >= 15 is 0 Å². The third kappa shape index (κ3) is 2.89. The van der Waals surface area contributed by atoms with Crippen LogP contribution >= 0.6 is 11.8 Å². The Balaban J connectivity index is 1.90. The maximum absolute atomic E-state index is 12.9. The summed E-state index contributed by atoms with van der Waals surface area (Å²) in [5, 5.41) is 0.856. The molecule has 22 heavy (non-hydrogen) atoms. The minimum Gasteiger partial charge on any atom is -0.377 e. The lowest BCUT2D eigenvalue weighted by atomic mass is 10.1. The van der Waals surface area contributed by atoms with Gasteiger partial charge in [0, 0.05) is 37.2 Å². The van der Waals surface area contributed by atoms with E-state index in [4.69, 9.17) is 4.74 Å². The zero-order valence-electron chi connectivity index (χ0n) is 12.7. The molecule has 1 saturated heterocycles. The summed E-state index contributed by atoms with van der Waals surface area (Å²) in [5.41, 5.74) is 1.77. The van der Waals surface area contributed by atoms with Crippen LogP contribution in [0.1, 0.15) is 22.1 Å². The third-order valence-electron chi connectivity index (χ3n) is 3.91. The molecule has 0 unspecified atom stereocenters. The first kappa shape index (κ1) is 15.1. The summed E-state index contributed by atoms with van der Waals surface area (Å²) in [7, 11) is 1.99. The molecule has 1 aliphatic rings. The number of morpholine rings is 1. The molecule has 1 fully saturated rings. The second-order valence-electron chi connectivity index (χ2n) is 5.22. The largest absolute Gasteiger partial charge is 0.377 e. The van der Waals surface area contributed by atoms with Crippen molar-refractivity contribution >= 4 is 17.7 Å². The first-order valence-electron chi connectivity index (χ1n) is 7.20. The highest BCUT2D eigenvalue weighted by molar-refractivity contribution is 7.98. The van der Waals surface area contributed by atoms with E-state index in [1.54, 1.807) is 12.3 Å². The summed E-state index contributed by atoms with van der Waals surface area (Å²) < 4.78 is 7.64. The average Bonchev–Trinajstić information content (AvgIpc) is 3.00. The fourth-order valence-corrected chi connectivity index (χ4v) is 3.14. The van der Waals surface area contributed by atoms with Crippen molar-refractivity contribution in [2.24, 2.45) is 7.05 Å². The highest BCUT2D eigenvalue weighted by atomic mass is 32.2. The standard InChI is InChI=1S/C16H19N3O2S/c1-18-7-3-4-13(18)14-11-21-9-8-19(14)16(20)12-5-6-17-15(10-12)22-2/h3-7,10,14H,8-9,11H2,1-2H3/t14-/m1/s1. The molecule has 0 saturated carbocycles. The van der Waals surface area contributed by atoms with E-state index in [1.807, 2.05) is 47.2 Å². The lowest BCUT2D eigenvalue weighted by molar-refractivity contribution is -0.00465. The zero-order valence-corrected chi connectivity index (χ0v) is 13.5. The van der Waals surface area contributed by atoms with Crippen LogP contribution in [0.4, 0.5) is 0 Å². The monoisotopic (exact) mass is 317 g/mol. The van der Waals surface area contributed by atoms with Gasteiger partial charge in [0.15, 0.2) is 0 Å². The number of nitrogens with zero attached hydrogens (tertiary/aromatic N) is 3. The SMILES string of the molecule is CSc1cc(C(=O)N2CCOC[C@@H]2c2cccn2C)ccn1. The molecule has 0 N–H and O–H groups in total. The Morgan fingerprint density at radius 2 is 2.32 bits per heavy atom. The van der Waals surface area contributed by atoms with Crippen molar-refractivity contribution in [1.29, 1.82) is 0 Å². The predicted molar refractivity (Wildman–Crippen MR) is 86.0 cm³/mol. The van der Waals surface area contributed by atoms with E-state index in [0.717, 1.165) is 10.7 Å². The highest BCUT2D eigenvalue weighted by Gasteiger charge is 2.30. The van der Waals surface area contributed by atoms with Crippen molar-refractivity contribution < 1.29 is 9.53 Å². The lowest BCUT2D eigenvalue weighted by Crippen LogP contribution is -2.44. The first-order chi connectivity index (χ1) is 10.7. The molecule has 1 atom stereocenters. The number of thioether (sulfide) groups is 1. The van der Waals surface area contributed by atoms with Gasteiger partial charge in [-0.05, 0) is 30.5 Å². The number of aromatic nitrogens is 2. The van der Waals surface area contributed by atoms with Crippen molar-refractivity contribution in [2.45, 2.75) is 11.1 Å². The summed E-state index contributed by atoms with van der Waals surface area (Å²) in [6.07, 6.45) is 5.64. The number of carbonyl (C=O) groups excluding carboxylic acids is 1. The minimum atomic E-state index is -0.0489. The number of hydrogen-bond donors (Lipinski definition) is 0. The summed E-state index contributed by atoms with van der Waals surface area (Å²) in [4.78, 5) is 19.0. The van der Waals surface area contributed by atoms with Gasteiger partial charge in [-0.25, -0.2) is 4.98 Å². The van der Waals surface area contributed by atoms with Gasteiger partial charge in [0.05, 0.1) is 24.3 Å². The summed E-state index contributed by atoms with van der Waals surface area (Å²) in [6.45, 7) is 1.71. The van der Waals surface area contributed by atoms with Crippen LogP contribution in [0.15, 0.2) is 41.7 Å². The van der Waals surface area contributed by atoms with E-state index in [9.17, 15) is 4.79 Å². The summed E-state index contributed by atoms with van der Waals surface area (Å²) in [5.74, 6) is 0.0344. The zero-order chi connectivity index (χ0) is 15.5. The van der Waals surface area contributed by atoms with E-state index < -0.39 is 0 Å². The third-order valence-corrected chi connectivity index (χ3v) is 4.55. The number of pyridine rings is 1. The molecular weight excluding hydrogens is 298 g/mol. The van der Waals surface area contributed by atoms with E-state index in [1.165, 1.54) is 11.8 Å². The molecule has 1 amide bonds. The second-order valence-corrected chi connectivity index (χ2v) is 6.05.